The number of alkyl halides is 3. The van der Waals surface area contributed by atoms with Crippen LogP contribution in [-0.4, -0.2) is 66.5 Å². The summed E-state index contributed by atoms with van der Waals surface area (Å²) in [7, 11) is 0. The van der Waals surface area contributed by atoms with Gasteiger partial charge in [0.05, 0.1) is 31.0 Å². The molecular formula is C27H32F5N3O2. The van der Waals surface area contributed by atoms with Gasteiger partial charge in [0.2, 0.25) is 0 Å². The van der Waals surface area contributed by atoms with E-state index in [0.29, 0.717) is 37.9 Å². The molecule has 10 heteroatoms. The number of aliphatic hydroxyl groups is 1. The molecule has 1 aromatic carbocycles. The first-order valence-corrected chi connectivity index (χ1v) is 12.5. The van der Waals surface area contributed by atoms with Gasteiger partial charge in [-0.25, -0.2) is 22.5 Å². The number of aliphatic hydroxyl groups excluding tert-OH is 1. The van der Waals surface area contributed by atoms with E-state index in [4.69, 9.17) is 4.74 Å². The summed E-state index contributed by atoms with van der Waals surface area (Å²) < 4.78 is 77.8. The fourth-order valence-corrected chi connectivity index (χ4v) is 5.23. The van der Waals surface area contributed by atoms with E-state index in [1.165, 1.54) is 4.90 Å². The minimum Gasteiger partial charge on any atom is -0.474 e. The van der Waals surface area contributed by atoms with Crippen molar-refractivity contribution in [2.45, 2.75) is 51.1 Å². The van der Waals surface area contributed by atoms with Crippen LogP contribution in [0.4, 0.5) is 22.0 Å². The molecule has 0 amide bonds. The summed E-state index contributed by atoms with van der Waals surface area (Å²) in [6.45, 7) is 1.73. The van der Waals surface area contributed by atoms with Crippen LogP contribution < -0.4 is 10.1 Å². The van der Waals surface area contributed by atoms with Crippen LogP contribution in [-0.2, 0) is 6.42 Å². The molecule has 2 atom stereocenters. The van der Waals surface area contributed by atoms with Crippen LogP contribution in [0.1, 0.15) is 48.1 Å². The zero-order chi connectivity index (χ0) is 26.7. The number of nitrogens with one attached hydrogen (secondary N) is 1. The number of nitrogens with zero attached hydrogens (tertiary/aromatic N) is 2. The maximum absolute atomic E-state index is 15.8. The first-order valence-electron chi connectivity index (χ1n) is 12.5. The first kappa shape index (κ1) is 27.5. The fraction of sp³-hybridized carbons (Fsp3) is 0.519. The van der Waals surface area contributed by atoms with Crippen molar-refractivity contribution in [1.29, 1.82) is 0 Å². The summed E-state index contributed by atoms with van der Waals surface area (Å²) >= 11 is 0. The van der Waals surface area contributed by atoms with Crippen LogP contribution in [0.5, 0.6) is 5.88 Å². The number of fused-ring (bicyclic) bond motifs is 2. The Hall–Kier alpha value is -2.56. The van der Waals surface area contributed by atoms with Crippen molar-refractivity contribution in [1.82, 2.24) is 15.2 Å². The highest BCUT2D eigenvalue weighted by molar-refractivity contribution is 5.79. The molecule has 2 heterocycles. The lowest BCUT2D eigenvalue weighted by Gasteiger charge is -2.43. The van der Waals surface area contributed by atoms with E-state index in [0.717, 1.165) is 28.5 Å². The highest BCUT2D eigenvalue weighted by Gasteiger charge is 2.45. The Labute approximate surface area is 213 Å². The van der Waals surface area contributed by atoms with E-state index < -0.39 is 60.9 Å². The smallest absolute Gasteiger partial charge is 0.283 e. The van der Waals surface area contributed by atoms with Gasteiger partial charge in [-0.15, -0.1) is 0 Å². The summed E-state index contributed by atoms with van der Waals surface area (Å²) in [5, 5.41) is 12.2. The van der Waals surface area contributed by atoms with Crippen LogP contribution in [0.15, 0.2) is 30.0 Å². The van der Waals surface area contributed by atoms with E-state index in [1.54, 1.807) is 6.92 Å². The van der Waals surface area contributed by atoms with E-state index in [9.17, 15) is 18.3 Å². The van der Waals surface area contributed by atoms with Gasteiger partial charge in [-0.05, 0) is 61.9 Å². The molecule has 0 saturated carbocycles. The van der Waals surface area contributed by atoms with Crippen molar-refractivity contribution < 1.29 is 31.8 Å². The molecular weight excluding hydrogens is 493 g/mol. The third-order valence-corrected chi connectivity index (χ3v) is 6.99. The monoisotopic (exact) mass is 525 g/mol. The average molecular weight is 526 g/mol. The largest absolute Gasteiger partial charge is 0.474 e. The van der Waals surface area contributed by atoms with Gasteiger partial charge in [-0.3, -0.25) is 9.29 Å². The average Bonchev–Trinajstić information content (AvgIpc) is 3.21. The standard InChI is InChI=1S/C27H32F5N3O2/c1-16-4-5-18-12-21-20(19(18)10-16)11-17(2)35(14-27(31,32)15-36)25(21)23-22(29)13-34-26(24(23)30)37-9-8-33-7-3-6-28/h4-5,10,13,17,25,33,36H,3,6-9,11-12,14-15H2,1-2H3/t17-,25+/m1/s1. The normalized spacial score (nSPS) is 19.8. The molecule has 0 radical (unpaired) electrons. The van der Waals surface area contributed by atoms with Gasteiger partial charge in [0.1, 0.15) is 19.0 Å². The SMILES string of the molecule is Cc1ccc2c(c1)C1=C(C2)[C@@H](c2c(F)cnc(OCCNCCCF)c2F)N(CC(F)(F)CO)[C@H](C)C1. The van der Waals surface area contributed by atoms with Crippen LogP contribution in [0.2, 0.25) is 0 Å². The van der Waals surface area contributed by atoms with Gasteiger partial charge < -0.3 is 15.2 Å². The van der Waals surface area contributed by atoms with Crippen LogP contribution >= 0.6 is 0 Å². The molecule has 1 aromatic heterocycles. The van der Waals surface area contributed by atoms with Crippen LogP contribution in [0.25, 0.3) is 5.57 Å². The van der Waals surface area contributed by atoms with Gasteiger partial charge in [-0.1, -0.05) is 23.8 Å². The lowest BCUT2D eigenvalue weighted by atomic mass is 9.84. The molecule has 2 N–H and O–H groups in total. The summed E-state index contributed by atoms with van der Waals surface area (Å²) in [6.07, 6.45) is 1.99. The molecule has 202 valence electrons. The fourth-order valence-electron chi connectivity index (χ4n) is 5.23. The van der Waals surface area contributed by atoms with Crippen molar-refractivity contribution in [3.8, 4) is 5.88 Å². The molecule has 5 nitrogen and oxygen atoms in total. The molecule has 0 spiro atoms. The summed E-state index contributed by atoms with van der Waals surface area (Å²) in [5.41, 5.74) is 4.17. The van der Waals surface area contributed by atoms with E-state index in [1.807, 2.05) is 25.1 Å². The second kappa shape index (κ2) is 11.4. The van der Waals surface area contributed by atoms with Crippen LogP contribution in [0, 0.1) is 18.6 Å². The number of pyridine rings is 1. The Morgan fingerprint density at radius 1 is 1.24 bits per heavy atom. The lowest BCUT2D eigenvalue weighted by molar-refractivity contribution is -0.0862. The Balaban J connectivity index is 1.73. The molecule has 0 unspecified atom stereocenters. The molecule has 0 fully saturated rings. The quantitative estimate of drug-likeness (QED) is 0.327. The maximum atomic E-state index is 15.8. The number of ether oxygens (including phenoxy) is 1. The zero-order valence-corrected chi connectivity index (χ0v) is 21.0. The minimum atomic E-state index is -3.46. The van der Waals surface area contributed by atoms with Gasteiger partial charge in [-0.2, -0.15) is 0 Å². The highest BCUT2D eigenvalue weighted by atomic mass is 19.3. The van der Waals surface area contributed by atoms with E-state index in [-0.39, 0.29) is 6.61 Å². The summed E-state index contributed by atoms with van der Waals surface area (Å²) in [4.78, 5) is 5.13. The molecule has 0 saturated heterocycles. The second-order valence-electron chi connectivity index (χ2n) is 9.76. The van der Waals surface area contributed by atoms with Crippen molar-refractivity contribution in [2.75, 3.05) is 39.5 Å². The summed E-state index contributed by atoms with van der Waals surface area (Å²) in [6, 6.07) is 4.32. The molecule has 1 aliphatic heterocycles. The molecule has 0 bridgehead atoms. The van der Waals surface area contributed by atoms with Crippen molar-refractivity contribution >= 4 is 5.57 Å². The number of hydrogen-bond acceptors (Lipinski definition) is 5. The second-order valence-corrected chi connectivity index (χ2v) is 9.76. The zero-order valence-electron chi connectivity index (χ0n) is 21.0. The van der Waals surface area contributed by atoms with E-state index in [2.05, 4.69) is 10.3 Å². The number of benzene rings is 1. The predicted octanol–water partition coefficient (Wildman–Crippen LogP) is 4.77. The maximum Gasteiger partial charge on any atom is 0.283 e. The first-order chi connectivity index (χ1) is 17.7. The van der Waals surface area contributed by atoms with Gasteiger partial charge in [0.15, 0.2) is 5.82 Å². The Bertz CT molecular complexity index is 1160. The molecule has 4 rings (SSSR count). The lowest BCUT2D eigenvalue weighted by Crippen LogP contribution is -2.48. The summed E-state index contributed by atoms with van der Waals surface area (Å²) in [5.74, 6) is -5.89. The molecule has 2 aliphatic rings. The van der Waals surface area contributed by atoms with Gasteiger partial charge in [0, 0.05) is 12.6 Å². The Kier molecular flexibility index (Phi) is 8.50. The van der Waals surface area contributed by atoms with Crippen molar-refractivity contribution in [3.05, 3.63) is 63.9 Å². The molecule has 37 heavy (non-hydrogen) atoms. The van der Waals surface area contributed by atoms with Crippen LogP contribution in [0.3, 0.4) is 0 Å². The highest BCUT2D eigenvalue weighted by Crippen LogP contribution is 2.50. The molecule has 1 aliphatic carbocycles. The van der Waals surface area contributed by atoms with Gasteiger partial charge in [0.25, 0.3) is 11.8 Å². The minimum absolute atomic E-state index is 0.00725. The number of rotatable bonds is 11. The third kappa shape index (κ3) is 5.81. The van der Waals surface area contributed by atoms with Crippen molar-refractivity contribution in [3.63, 3.8) is 0 Å². The van der Waals surface area contributed by atoms with E-state index >= 15 is 8.78 Å². The Morgan fingerprint density at radius 3 is 2.76 bits per heavy atom. The predicted molar refractivity (Wildman–Crippen MR) is 130 cm³/mol. The number of aromatic nitrogens is 1. The molecule has 2 aromatic rings. The Morgan fingerprint density at radius 2 is 2.03 bits per heavy atom. The number of halogens is 5. The van der Waals surface area contributed by atoms with Crippen molar-refractivity contribution in [2.24, 2.45) is 0 Å². The number of hydrogen-bond donors (Lipinski definition) is 2. The third-order valence-electron chi connectivity index (χ3n) is 6.99. The topological polar surface area (TPSA) is 57.6 Å². The number of aryl methyl sites for hydroxylation is 1. The van der Waals surface area contributed by atoms with Gasteiger partial charge >= 0.3 is 0 Å².